The molecule has 6 heteroatoms. The van der Waals surface area contributed by atoms with Crippen molar-refractivity contribution in [2.45, 2.75) is 13.0 Å². The number of benzene rings is 3. The predicted molar refractivity (Wildman–Crippen MR) is 127 cm³/mol. The van der Waals surface area contributed by atoms with Crippen molar-refractivity contribution in [1.29, 1.82) is 0 Å². The van der Waals surface area contributed by atoms with Crippen LogP contribution in [-0.4, -0.2) is 15.6 Å². The van der Waals surface area contributed by atoms with Crippen LogP contribution in [-0.2, 0) is 0 Å². The first-order valence-corrected chi connectivity index (χ1v) is 10.7. The molecular weight excluding hydrogens is 423 g/mol. The highest BCUT2D eigenvalue weighted by Crippen LogP contribution is 2.47. The van der Waals surface area contributed by atoms with Crippen LogP contribution in [0.4, 0.5) is 15.9 Å². The highest BCUT2D eigenvalue weighted by molar-refractivity contribution is 6.30. The van der Waals surface area contributed by atoms with Crippen LogP contribution in [0.2, 0.25) is 5.02 Å². The van der Waals surface area contributed by atoms with Crippen molar-refractivity contribution in [3.05, 3.63) is 112 Å². The van der Waals surface area contributed by atoms with Crippen molar-refractivity contribution in [3.63, 3.8) is 0 Å². The predicted octanol–water partition coefficient (Wildman–Crippen LogP) is 6.64. The fraction of sp³-hybridized carbons (Fsp3) is 0.0769. The number of hydrogen-bond donors (Lipinski definition) is 0. The summed E-state index contributed by atoms with van der Waals surface area (Å²) in [6.45, 7) is 1.95. The lowest BCUT2D eigenvalue weighted by molar-refractivity contribution is 0.597. The Hall–Kier alpha value is -3.70. The number of fused-ring (bicyclic) bond motifs is 4. The molecule has 32 heavy (non-hydrogen) atoms. The molecule has 0 fully saturated rings. The molecule has 2 aliphatic rings. The molecule has 0 amide bonds. The van der Waals surface area contributed by atoms with Crippen LogP contribution in [0.25, 0.3) is 11.8 Å². The number of aliphatic imine (C=N–C) groups is 1. The summed E-state index contributed by atoms with van der Waals surface area (Å²) in [5, 5.41) is 5.46. The molecule has 0 unspecified atom stereocenters. The standard InChI is InChI=1S/C26H18ClFN4/c1-16-24-25(20-7-3-4-8-21(20)28)31-22-9-5-2-6-17(22)10-15-23(31)29-26(24)32(30-16)19-13-11-18(27)12-14-19/h2-15,25H,1H3/t25-/m0/s1. The summed E-state index contributed by atoms with van der Waals surface area (Å²) in [5.41, 5.74) is 5.19. The van der Waals surface area contributed by atoms with Crippen LogP contribution < -0.4 is 4.90 Å². The third kappa shape index (κ3) is 2.82. The maximum Gasteiger partial charge on any atom is 0.163 e. The van der Waals surface area contributed by atoms with E-state index in [0.29, 0.717) is 16.4 Å². The van der Waals surface area contributed by atoms with E-state index in [-0.39, 0.29) is 5.82 Å². The van der Waals surface area contributed by atoms with Gasteiger partial charge in [-0.3, -0.25) is 0 Å². The van der Waals surface area contributed by atoms with Gasteiger partial charge in [-0.1, -0.05) is 48.0 Å². The van der Waals surface area contributed by atoms with Gasteiger partial charge < -0.3 is 4.90 Å². The summed E-state index contributed by atoms with van der Waals surface area (Å²) in [6, 6.07) is 22.1. The Morgan fingerprint density at radius 1 is 0.906 bits per heavy atom. The third-order valence-electron chi connectivity index (χ3n) is 5.96. The van der Waals surface area contributed by atoms with E-state index in [4.69, 9.17) is 21.7 Å². The Bertz CT molecular complexity index is 1420. The zero-order valence-corrected chi connectivity index (χ0v) is 18.0. The fourth-order valence-corrected chi connectivity index (χ4v) is 4.65. The minimum atomic E-state index is -0.397. The number of rotatable bonds is 2. The largest absolute Gasteiger partial charge is 0.314 e. The maximum atomic E-state index is 15.2. The van der Waals surface area contributed by atoms with E-state index in [0.717, 1.165) is 34.0 Å². The van der Waals surface area contributed by atoms with Crippen LogP contribution in [0.5, 0.6) is 0 Å². The van der Waals surface area contributed by atoms with Crippen molar-refractivity contribution in [3.8, 4) is 5.69 Å². The molecule has 0 saturated heterocycles. The molecule has 0 aliphatic carbocycles. The first kappa shape index (κ1) is 19.0. The summed E-state index contributed by atoms with van der Waals surface area (Å²) >= 11 is 6.09. The monoisotopic (exact) mass is 440 g/mol. The van der Waals surface area contributed by atoms with Crippen molar-refractivity contribution >= 4 is 35.0 Å². The molecule has 0 spiro atoms. The summed E-state index contributed by atoms with van der Waals surface area (Å²) in [4.78, 5) is 7.10. The lowest BCUT2D eigenvalue weighted by Gasteiger charge is -2.39. The van der Waals surface area contributed by atoms with E-state index < -0.39 is 6.04 Å². The van der Waals surface area contributed by atoms with Crippen LogP contribution in [0.1, 0.15) is 28.4 Å². The molecule has 3 heterocycles. The number of hydrogen-bond acceptors (Lipinski definition) is 3. The highest BCUT2D eigenvalue weighted by atomic mass is 35.5. The molecule has 1 aromatic heterocycles. The lowest BCUT2D eigenvalue weighted by atomic mass is 9.92. The first-order chi connectivity index (χ1) is 15.6. The number of anilines is 1. The minimum absolute atomic E-state index is 0.254. The fourth-order valence-electron chi connectivity index (χ4n) is 4.52. The molecule has 2 aliphatic heterocycles. The first-order valence-electron chi connectivity index (χ1n) is 10.4. The Kier molecular flexibility index (Phi) is 4.26. The van der Waals surface area contributed by atoms with Gasteiger partial charge in [-0.2, -0.15) is 5.10 Å². The Morgan fingerprint density at radius 3 is 2.47 bits per heavy atom. The van der Waals surface area contributed by atoms with Crippen LogP contribution in [0, 0.1) is 12.7 Å². The van der Waals surface area contributed by atoms with Gasteiger partial charge in [0.15, 0.2) is 5.82 Å². The third-order valence-corrected chi connectivity index (χ3v) is 6.21. The second-order valence-electron chi connectivity index (χ2n) is 7.87. The number of nitrogens with zero attached hydrogens (tertiary/aromatic N) is 4. The van der Waals surface area contributed by atoms with Gasteiger partial charge in [-0.15, -0.1) is 0 Å². The smallest absolute Gasteiger partial charge is 0.163 e. The number of halogens is 2. The Morgan fingerprint density at radius 2 is 1.66 bits per heavy atom. The van der Waals surface area contributed by atoms with E-state index in [1.807, 2.05) is 78.4 Å². The normalized spacial score (nSPS) is 16.3. The molecule has 0 N–H and O–H groups in total. The summed E-state index contributed by atoms with van der Waals surface area (Å²) < 4.78 is 17.0. The summed E-state index contributed by atoms with van der Waals surface area (Å²) in [7, 11) is 0. The second-order valence-corrected chi connectivity index (χ2v) is 8.30. The molecule has 0 radical (unpaired) electrons. The maximum absolute atomic E-state index is 15.2. The van der Waals surface area contributed by atoms with Gasteiger partial charge in [-0.05, 0) is 61.0 Å². The average molecular weight is 441 g/mol. The number of amidine groups is 1. The Balaban J connectivity index is 1.65. The van der Waals surface area contributed by atoms with Gasteiger partial charge in [0.1, 0.15) is 11.7 Å². The zero-order chi connectivity index (χ0) is 21.8. The lowest BCUT2D eigenvalue weighted by Crippen LogP contribution is -2.39. The second kappa shape index (κ2) is 7.18. The topological polar surface area (TPSA) is 33.4 Å². The van der Waals surface area contributed by atoms with E-state index in [2.05, 4.69) is 11.0 Å². The van der Waals surface area contributed by atoms with Crippen LogP contribution >= 0.6 is 11.6 Å². The highest BCUT2D eigenvalue weighted by Gasteiger charge is 2.39. The number of aryl methyl sites for hydroxylation is 1. The minimum Gasteiger partial charge on any atom is -0.314 e. The average Bonchev–Trinajstić information content (AvgIpc) is 3.14. The molecule has 1 atom stereocenters. The van der Waals surface area contributed by atoms with E-state index in [1.54, 1.807) is 6.07 Å². The summed E-state index contributed by atoms with van der Waals surface area (Å²) in [6.07, 6.45) is 4.03. The number of aromatic nitrogens is 2. The van der Waals surface area contributed by atoms with Gasteiger partial charge in [0.25, 0.3) is 0 Å². The molecule has 156 valence electrons. The molecule has 0 bridgehead atoms. The molecule has 6 rings (SSSR count). The van der Waals surface area contributed by atoms with Crippen molar-refractivity contribution in [2.24, 2.45) is 4.99 Å². The van der Waals surface area contributed by atoms with E-state index in [1.165, 1.54) is 6.07 Å². The van der Waals surface area contributed by atoms with Gasteiger partial charge in [-0.25, -0.2) is 14.1 Å². The van der Waals surface area contributed by atoms with E-state index in [9.17, 15) is 0 Å². The Labute approximate surface area is 189 Å². The molecule has 3 aromatic carbocycles. The van der Waals surface area contributed by atoms with Crippen molar-refractivity contribution in [2.75, 3.05) is 4.90 Å². The zero-order valence-electron chi connectivity index (χ0n) is 17.2. The van der Waals surface area contributed by atoms with Gasteiger partial charge >= 0.3 is 0 Å². The molecule has 0 saturated carbocycles. The van der Waals surface area contributed by atoms with E-state index >= 15 is 4.39 Å². The number of para-hydroxylation sites is 1. The quantitative estimate of drug-likeness (QED) is 0.350. The van der Waals surface area contributed by atoms with Gasteiger partial charge in [0.05, 0.1) is 23.1 Å². The summed E-state index contributed by atoms with van der Waals surface area (Å²) in [5.74, 6) is 1.20. The molecular formula is C26H18ClFN4. The van der Waals surface area contributed by atoms with Crippen molar-refractivity contribution in [1.82, 2.24) is 9.78 Å². The van der Waals surface area contributed by atoms with Crippen molar-refractivity contribution < 1.29 is 4.39 Å². The van der Waals surface area contributed by atoms with Crippen LogP contribution in [0.15, 0.2) is 83.9 Å². The SMILES string of the molecule is Cc1nn(-c2ccc(Cl)cc2)c2c1[C@H](c1ccccc1F)N1C(=N2)C=Cc2ccccc21. The van der Waals surface area contributed by atoms with Crippen LogP contribution in [0.3, 0.4) is 0 Å². The molecule has 4 nitrogen and oxygen atoms in total. The van der Waals surface area contributed by atoms with Gasteiger partial charge in [0.2, 0.25) is 0 Å². The molecule has 4 aromatic rings. The van der Waals surface area contributed by atoms with Gasteiger partial charge in [0, 0.05) is 16.1 Å².